The molecule has 1 aliphatic rings. The van der Waals surface area contributed by atoms with Gasteiger partial charge in [-0.15, -0.1) is 5.10 Å². The molecule has 1 aromatic carbocycles. The number of aromatic nitrogens is 2. The number of unbranched alkanes of at least 4 members (excludes halogenated alkanes) is 1. The van der Waals surface area contributed by atoms with Crippen molar-refractivity contribution in [3.63, 3.8) is 0 Å². The minimum atomic E-state index is -3.63. The number of rotatable bonds is 9. The lowest BCUT2D eigenvalue weighted by atomic mass is 10.2. The standard InChI is InChI=1S/C19H23N5O6S/c1-3-4-11-23(2)31(28,29)14-7-5-13(6-8-14)18(27)20-19-22-21-15(30-19)12-24-16(25)9-10-17(24)26/h5-8H,3-4,9-12H2,1-2H3,(H,20,22,27). The fourth-order valence-corrected chi connectivity index (χ4v) is 4.14. The second-order valence-corrected chi connectivity index (χ2v) is 9.08. The van der Waals surface area contributed by atoms with Crippen molar-refractivity contribution < 1.29 is 27.2 Å². The second-order valence-electron chi connectivity index (χ2n) is 7.03. The maximum atomic E-state index is 12.5. The number of imide groups is 1. The number of sulfonamides is 1. The van der Waals surface area contributed by atoms with Crippen molar-refractivity contribution in [3.8, 4) is 0 Å². The van der Waals surface area contributed by atoms with Crippen molar-refractivity contribution in [1.82, 2.24) is 19.4 Å². The Morgan fingerprint density at radius 3 is 2.42 bits per heavy atom. The van der Waals surface area contributed by atoms with Gasteiger partial charge in [-0.05, 0) is 30.7 Å². The van der Waals surface area contributed by atoms with Crippen LogP contribution < -0.4 is 5.32 Å². The summed E-state index contributed by atoms with van der Waals surface area (Å²) in [5.41, 5.74) is 0.194. The highest BCUT2D eigenvalue weighted by molar-refractivity contribution is 7.89. The highest BCUT2D eigenvalue weighted by Crippen LogP contribution is 2.18. The van der Waals surface area contributed by atoms with Crippen molar-refractivity contribution in [2.45, 2.75) is 44.0 Å². The van der Waals surface area contributed by atoms with Crippen LogP contribution in [0.15, 0.2) is 33.6 Å². The number of carbonyl (C=O) groups is 3. The molecule has 0 radical (unpaired) electrons. The van der Waals surface area contributed by atoms with Crippen LogP contribution in [-0.4, -0.2) is 59.1 Å². The number of hydrogen-bond acceptors (Lipinski definition) is 8. The highest BCUT2D eigenvalue weighted by atomic mass is 32.2. The van der Waals surface area contributed by atoms with Crippen LogP contribution in [0.4, 0.5) is 6.01 Å². The summed E-state index contributed by atoms with van der Waals surface area (Å²) >= 11 is 0. The zero-order valence-electron chi connectivity index (χ0n) is 17.2. The average Bonchev–Trinajstić information content (AvgIpc) is 3.33. The first kappa shape index (κ1) is 22.6. The summed E-state index contributed by atoms with van der Waals surface area (Å²) in [6.45, 7) is 2.24. The third kappa shape index (κ3) is 5.14. The molecule has 1 N–H and O–H groups in total. The van der Waals surface area contributed by atoms with Gasteiger partial charge in [0.2, 0.25) is 27.7 Å². The largest absolute Gasteiger partial charge is 0.406 e. The van der Waals surface area contributed by atoms with E-state index in [-0.39, 0.29) is 53.6 Å². The molecule has 1 aliphatic heterocycles. The molecule has 31 heavy (non-hydrogen) atoms. The maximum absolute atomic E-state index is 12.5. The van der Waals surface area contributed by atoms with Gasteiger partial charge in [0.1, 0.15) is 6.54 Å². The van der Waals surface area contributed by atoms with Crippen molar-refractivity contribution in [1.29, 1.82) is 0 Å². The molecule has 1 fully saturated rings. The summed E-state index contributed by atoms with van der Waals surface area (Å²) in [5, 5.41) is 9.81. The van der Waals surface area contributed by atoms with Gasteiger partial charge in [0.05, 0.1) is 4.90 Å². The first-order valence-corrected chi connectivity index (χ1v) is 11.2. The Morgan fingerprint density at radius 2 is 1.81 bits per heavy atom. The molecule has 11 nitrogen and oxygen atoms in total. The average molecular weight is 449 g/mol. The number of hydrogen-bond donors (Lipinski definition) is 1. The topological polar surface area (TPSA) is 143 Å². The monoisotopic (exact) mass is 449 g/mol. The highest BCUT2D eigenvalue weighted by Gasteiger charge is 2.30. The molecule has 2 heterocycles. The molecule has 0 bridgehead atoms. The quantitative estimate of drug-likeness (QED) is 0.566. The van der Waals surface area contributed by atoms with Crippen LogP contribution in [0.25, 0.3) is 0 Å². The molecule has 0 saturated carbocycles. The van der Waals surface area contributed by atoms with Gasteiger partial charge in [0.25, 0.3) is 5.91 Å². The summed E-state index contributed by atoms with van der Waals surface area (Å²) in [5.74, 6) is -1.20. The number of anilines is 1. The molecule has 0 atom stereocenters. The van der Waals surface area contributed by atoms with Gasteiger partial charge in [-0.2, -0.15) is 0 Å². The van der Waals surface area contributed by atoms with E-state index in [0.29, 0.717) is 6.54 Å². The van der Waals surface area contributed by atoms with E-state index in [1.165, 1.54) is 35.6 Å². The Bertz CT molecular complexity index is 1060. The molecule has 1 saturated heterocycles. The van der Waals surface area contributed by atoms with Crippen LogP contribution in [0.3, 0.4) is 0 Å². The molecule has 2 aromatic rings. The first-order chi connectivity index (χ1) is 14.7. The summed E-state index contributed by atoms with van der Waals surface area (Å²) in [7, 11) is -2.11. The minimum Gasteiger partial charge on any atom is -0.406 e. The Morgan fingerprint density at radius 1 is 1.16 bits per heavy atom. The van der Waals surface area contributed by atoms with Gasteiger partial charge in [0.15, 0.2) is 0 Å². The van der Waals surface area contributed by atoms with Crippen molar-refractivity contribution in [2.24, 2.45) is 0 Å². The van der Waals surface area contributed by atoms with E-state index < -0.39 is 15.9 Å². The van der Waals surface area contributed by atoms with E-state index in [0.717, 1.165) is 17.7 Å². The Hall–Kier alpha value is -3.12. The van der Waals surface area contributed by atoms with E-state index >= 15 is 0 Å². The minimum absolute atomic E-state index is 0.00968. The summed E-state index contributed by atoms with van der Waals surface area (Å²) in [6, 6.07) is 5.28. The van der Waals surface area contributed by atoms with Gasteiger partial charge in [-0.1, -0.05) is 18.4 Å². The third-order valence-corrected chi connectivity index (χ3v) is 6.66. The van der Waals surface area contributed by atoms with E-state index in [1.54, 1.807) is 0 Å². The van der Waals surface area contributed by atoms with Crippen molar-refractivity contribution in [2.75, 3.05) is 18.9 Å². The van der Waals surface area contributed by atoms with Crippen molar-refractivity contribution >= 4 is 33.8 Å². The Labute approximate surface area is 179 Å². The van der Waals surface area contributed by atoms with E-state index in [2.05, 4.69) is 15.5 Å². The SMILES string of the molecule is CCCCN(C)S(=O)(=O)c1ccc(C(=O)Nc2nnc(CN3C(=O)CCC3=O)o2)cc1. The smallest absolute Gasteiger partial charge is 0.322 e. The number of likely N-dealkylation sites (tertiary alicyclic amines) is 1. The van der Waals surface area contributed by atoms with Crippen LogP contribution in [0.5, 0.6) is 0 Å². The normalized spacial score (nSPS) is 14.5. The Kier molecular flexibility index (Phi) is 6.81. The Balaban J connectivity index is 1.63. The fourth-order valence-electron chi connectivity index (χ4n) is 2.93. The molecule has 12 heteroatoms. The molecule has 1 aromatic heterocycles. The number of nitrogens with zero attached hydrogens (tertiary/aromatic N) is 4. The molecule has 0 unspecified atom stereocenters. The van der Waals surface area contributed by atoms with E-state index in [4.69, 9.17) is 4.42 Å². The molecular weight excluding hydrogens is 426 g/mol. The van der Waals surface area contributed by atoms with Crippen LogP contribution in [-0.2, 0) is 26.2 Å². The molecule has 3 amide bonds. The number of carbonyl (C=O) groups excluding carboxylic acids is 3. The second kappa shape index (κ2) is 9.35. The van der Waals surface area contributed by atoms with Crippen LogP contribution >= 0.6 is 0 Å². The number of amides is 3. The summed E-state index contributed by atoms with van der Waals surface area (Å²) < 4.78 is 31.6. The van der Waals surface area contributed by atoms with E-state index in [1.807, 2.05) is 6.92 Å². The van der Waals surface area contributed by atoms with Gasteiger partial charge in [0, 0.05) is 32.0 Å². The lowest BCUT2D eigenvalue weighted by Gasteiger charge is -2.16. The summed E-state index contributed by atoms with van der Waals surface area (Å²) in [4.78, 5) is 36.8. The molecule has 3 rings (SSSR count). The van der Waals surface area contributed by atoms with Gasteiger partial charge in [-0.25, -0.2) is 12.7 Å². The van der Waals surface area contributed by atoms with Gasteiger partial charge >= 0.3 is 6.01 Å². The molecular formula is C19H23N5O6S. The van der Waals surface area contributed by atoms with Gasteiger partial charge in [-0.3, -0.25) is 24.6 Å². The van der Waals surface area contributed by atoms with E-state index in [9.17, 15) is 22.8 Å². The fraction of sp³-hybridized carbons (Fsp3) is 0.421. The zero-order chi connectivity index (χ0) is 22.6. The predicted molar refractivity (Wildman–Crippen MR) is 108 cm³/mol. The predicted octanol–water partition coefficient (Wildman–Crippen LogP) is 1.39. The zero-order valence-corrected chi connectivity index (χ0v) is 18.0. The molecule has 0 spiro atoms. The molecule has 0 aliphatic carbocycles. The number of nitrogens with one attached hydrogen (secondary N) is 1. The molecule has 166 valence electrons. The van der Waals surface area contributed by atoms with Crippen LogP contribution in [0, 0.1) is 0 Å². The maximum Gasteiger partial charge on any atom is 0.322 e. The third-order valence-electron chi connectivity index (χ3n) is 4.79. The van der Waals surface area contributed by atoms with Crippen molar-refractivity contribution in [3.05, 3.63) is 35.7 Å². The number of benzene rings is 1. The van der Waals surface area contributed by atoms with Crippen LogP contribution in [0.2, 0.25) is 0 Å². The lowest BCUT2D eigenvalue weighted by Crippen LogP contribution is -2.28. The lowest BCUT2D eigenvalue weighted by molar-refractivity contribution is -0.139. The summed E-state index contributed by atoms with van der Waals surface area (Å²) in [6.07, 6.45) is 1.93. The first-order valence-electron chi connectivity index (χ1n) is 9.75. The van der Waals surface area contributed by atoms with Crippen LogP contribution in [0.1, 0.15) is 48.9 Å². The van der Waals surface area contributed by atoms with Gasteiger partial charge < -0.3 is 4.42 Å².